The molecule has 0 fully saturated rings. The zero-order valence-electron chi connectivity index (χ0n) is 2.49. The fraction of sp³-hybridized carbons (Fsp3) is 0. The summed E-state index contributed by atoms with van der Waals surface area (Å²) in [7, 11) is 0. The van der Waals surface area contributed by atoms with E-state index in [2.05, 4.69) is 0 Å². The van der Waals surface area contributed by atoms with Crippen molar-refractivity contribution in [2.24, 2.45) is 0 Å². The Hall–Kier alpha value is 1.78. The maximum absolute atomic E-state index is 0. The van der Waals surface area contributed by atoms with E-state index in [1.165, 1.54) is 0 Å². The van der Waals surface area contributed by atoms with Crippen molar-refractivity contribution in [3.63, 3.8) is 0 Å². The molecule has 0 rings (SSSR count). The smallest absolute Gasteiger partial charge is 2.00 e. The van der Waals surface area contributed by atoms with Gasteiger partial charge >= 0.3 is 48.9 Å². The van der Waals surface area contributed by atoms with Crippen LogP contribution in [0.5, 0.6) is 0 Å². The SMILES string of the molecule is [Ba+2].[Cl-].[NH4+].[O-2]. The minimum Gasteiger partial charge on any atom is -2.00 e. The van der Waals surface area contributed by atoms with Crippen LogP contribution in [0.4, 0.5) is 0 Å². The summed E-state index contributed by atoms with van der Waals surface area (Å²) < 4.78 is 0. The summed E-state index contributed by atoms with van der Waals surface area (Å²) in [6.07, 6.45) is 0. The van der Waals surface area contributed by atoms with Crippen LogP contribution < -0.4 is 18.6 Å². The van der Waals surface area contributed by atoms with Gasteiger partial charge in [0.15, 0.2) is 0 Å². The van der Waals surface area contributed by atoms with Gasteiger partial charge in [0, 0.05) is 0 Å². The molecular weight excluding hydrogens is 203 g/mol. The van der Waals surface area contributed by atoms with Crippen molar-refractivity contribution in [1.82, 2.24) is 6.15 Å². The molecular formula is H4BaClNO. The molecule has 0 spiro atoms. The summed E-state index contributed by atoms with van der Waals surface area (Å²) in [5.74, 6) is 0. The molecule has 2 nitrogen and oxygen atoms in total. The van der Waals surface area contributed by atoms with E-state index < -0.39 is 0 Å². The van der Waals surface area contributed by atoms with Crippen molar-refractivity contribution in [2.45, 2.75) is 0 Å². The summed E-state index contributed by atoms with van der Waals surface area (Å²) >= 11 is 0. The van der Waals surface area contributed by atoms with E-state index in [4.69, 9.17) is 0 Å². The van der Waals surface area contributed by atoms with Crippen LogP contribution in [0.15, 0.2) is 0 Å². The zero-order chi connectivity index (χ0) is 0. The molecule has 0 amide bonds. The molecule has 0 aromatic rings. The predicted molar refractivity (Wildman–Crippen MR) is 12.4 cm³/mol. The largest absolute Gasteiger partial charge is 2.00 e. The molecule has 0 bridgehead atoms. The third-order valence-electron chi connectivity index (χ3n) is 0. The molecule has 0 aliphatic heterocycles. The quantitative estimate of drug-likeness (QED) is 0.408. The van der Waals surface area contributed by atoms with Crippen molar-refractivity contribution in [3.8, 4) is 0 Å². The third-order valence-corrected chi connectivity index (χ3v) is 0. The molecule has 0 aromatic heterocycles. The van der Waals surface area contributed by atoms with Crippen LogP contribution in [0.1, 0.15) is 0 Å². The van der Waals surface area contributed by atoms with E-state index in [9.17, 15) is 0 Å². The topological polar surface area (TPSA) is 65.0 Å². The second kappa shape index (κ2) is 21.5. The fourth-order valence-electron chi connectivity index (χ4n) is 0. The molecule has 24 valence electrons. The van der Waals surface area contributed by atoms with Crippen molar-refractivity contribution >= 4 is 48.9 Å². The summed E-state index contributed by atoms with van der Waals surface area (Å²) in [6.45, 7) is 0. The van der Waals surface area contributed by atoms with Crippen LogP contribution in [0.3, 0.4) is 0 Å². The van der Waals surface area contributed by atoms with Crippen molar-refractivity contribution in [2.75, 3.05) is 0 Å². The molecule has 0 saturated heterocycles. The summed E-state index contributed by atoms with van der Waals surface area (Å²) in [5, 5.41) is 0. The fourth-order valence-corrected chi connectivity index (χ4v) is 0. The first kappa shape index (κ1) is 41.6. The van der Waals surface area contributed by atoms with Crippen molar-refractivity contribution in [1.29, 1.82) is 0 Å². The Bertz CT molecular complexity index is 8.00. The molecule has 0 saturated carbocycles. The number of hydrogen-bond acceptors (Lipinski definition) is 0. The van der Waals surface area contributed by atoms with Gasteiger partial charge in [0.1, 0.15) is 0 Å². The van der Waals surface area contributed by atoms with Gasteiger partial charge in [-0.3, -0.25) is 0 Å². The van der Waals surface area contributed by atoms with Crippen molar-refractivity contribution in [3.05, 3.63) is 0 Å². The summed E-state index contributed by atoms with van der Waals surface area (Å²) in [5.41, 5.74) is 0. The molecule has 4 heteroatoms. The van der Waals surface area contributed by atoms with Gasteiger partial charge in [0.25, 0.3) is 0 Å². The van der Waals surface area contributed by atoms with Crippen LogP contribution in [-0.4, -0.2) is 48.9 Å². The van der Waals surface area contributed by atoms with E-state index in [-0.39, 0.29) is 72.9 Å². The van der Waals surface area contributed by atoms with Gasteiger partial charge in [-0.2, -0.15) is 0 Å². The molecule has 0 aromatic carbocycles. The van der Waals surface area contributed by atoms with E-state index in [1.807, 2.05) is 0 Å². The molecule has 0 aliphatic carbocycles. The number of rotatable bonds is 0. The number of hydrogen-bond donors (Lipinski definition) is 1. The first-order valence-corrected chi connectivity index (χ1v) is 0. The molecule has 4 N–H and O–H groups in total. The number of quaternary nitrogens is 1. The van der Waals surface area contributed by atoms with E-state index >= 15 is 0 Å². The monoisotopic (exact) mass is 207 g/mol. The molecule has 0 aliphatic rings. The second-order valence-corrected chi connectivity index (χ2v) is 0. The van der Waals surface area contributed by atoms with Gasteiger partial charge in [-0.25, -0.2) is 0 Å². The Morgan fingerprint density at radius 1 is 1.00 bits per heavy atom. The van der Waals surface area contributed by atoms with E-state index in [0.29, 0.717) is 0 Å². The van der Waals surface area contributed by atoms with Gasteiger partial charge in [-0.05, 0) is 0 Å². The number of halogens is 1. The maximum Gasteiger partial charge on any atom is 2.00 e. The average Bonchev–Trinajstić information content (AvgIpc) is 0. The normalized spacial score (nSPS) is 0. The Kier molecular flexibility index (Phi) is 224. The van der Waals surface area contributed by atoms with Crippen LogP contribution in [0.2, 0.25) is 0 Å². The Morgan fingerprint density at radius 3 is 1.00 bits per heavy atom. The molecule has 0 radical (unpaired) electrons. The van der Waals surface area contributed by atoms with E-state index in [0.717, 1.165) is 0 Å². The second-order valence-electron chi connectivity index (χ2n) is 0. The Balaban J connectivity index is 0. The van der Waals surface area contributed by atoms with E-state index in [1.54, 1.807) is 0 Å². The Morgan fingerprint density at radius 2 is 1.00 bits per heavy atom. The van der Waals surface area contributed by atoms with Gasteiger partial charge in [0.05, 0.1) is 0 Å². The average molecular weight is 207 g/mol. The molecule has 0 unspecified atom stereocenters. The first-order chi connectivity index (χ1) is 0. The minimum absolute atomic E-state index is 0. The van der Waals surface area contributed by atoms with Gasteiger partial charge in [-0.1, -0.05) is 0 Å². The molecule has 0 heterocycles. The summed E-state index contributed by atoms with van der Waals surface area (Å²) in [6, 6.07) is 0. The predicted octanol–water partition coefficient (Wildman–Crippen LogP) is -3.12. The van der Waals surface area contributed by atoms with Crippen LogP contribution >= 0.6 is 0 Å². The van der Waals surface area contributed by atoms with Crippen LogP contribution in [-0.2, 0) is 5.48 Å². The molecule has 4 heavy (non-hydrogen) atoms. The first-order valence-electron chi connectivity index (χ1n) is 0. The van der Waals surface area contributed by atoms with Crippen LogP contribution in [0.25, 0.3) is 0 Å². The van der Waals surface area contributed by atoms with Crippen LogP contribution in [0, 0.1) is 0 Å². The minimum atomic E-state index is 0. The Labute approximate surface area is 71.7 Å². The van der Waals surface area contributed by atoms with Crippen molar-refractivity contribution < 1.29 is 17.9 Å². The standard InChI is InChI=1S/Ba.ClH.H3N.O/h;1H;1H3;/q+2;;;-2. The zero-order valence-corrected chi connectivity index (χ0v) is 7.69. The maximum atomic E-state index is 0. The summed E-state index contributed by atoms with van der Waals surface area (Å²) in [4.78, 5) is 0. The van der Waals surface area contributed by atoms with Gasteiger partial charge < -0.3 is 24.0 Å². The van der Waals surface area contributed by atoms with Gasteiger partial charge in [-0.15, -0.1) is 0 Å². The molecule has 0 atom stereocenters. The van der Waals surface area contributed by atoms with Gasteiger partial charge in [0.2, 0.25) is 0 Å². The third kappa shape index (κ3) is 9.22.